The van der Waals surface area contributed by atoms with Crippen LogP contribution in [0.25, 0.3) is 0 Å². The van der Waals surface area contributed by atoms with Gasteiger partial charge in [-0.3, -0.25) is 0 Å². The van der Waals surface area contributed by atoms with E-state index in [9.17, 15) is 8.42 Å². The van der Waals surface area contributed by atoms with E-state index in [0.717, 1.165) is 19.3 Å². The number of nitrogens with two attached hydrogens (primary N) is 1. The highest BCUT2D eigenvalue weighted by Crippen LogP contribution is 2.33. The highest BCUT2D eigenvalue weighted by molar-refractivity contribution is 7.89. The van der Waals surface area contributed by atoms with Crippen LogP contribution < -0.4 is 15.2 Å². The molecule has 114 valence electrons. The predicted molar refractivity (Wildman–Crippen MR) is 81.5 cm³/mol. The number of hydrogen-bond donors (Lipinski definition) is 2. The molecule has 1 aliphatic carbocycles. The zero-order valence-electron chi connectivity index (χ0n) is 12.3. The molecule has 1 aromatic rings. The number of hydrogen-bond acceptors (Lipinski definition) is 4. The van der Waals surface area contributed by atoms with E-state index < -0.39 is 10.0 Å². The minimum atomic E-state index is -3.56. The first kappa shape index (κ1) is 15.8. The third-order valence-electron chi connectivity index (χ3n) is 3.64. The Morgan fingerprint density at radius 3 is 2.67 bits per heavy atom. The second-order valence-electron chi connectivity index (χ2n) is 5.39. The van der Waals surface area contributed by atoms with Crippen molar-refractivity contribution in [3.63, 3.8) is 0 Å². The largest absolute Gasteiger partial charge is 0.495 e. The molecule has 1 saturated carbocycles. The number of benzene rings is 1. The number of methoxy groups -OCH3 is 1. The number of rotatable bonds is 4. The van der Waals surface area contributed by atoms with Crippen molar-refractivity contribution in [2.24, 2.45) is 5.73 Å². The summed E-state index contributed by atoms with van der Waals surface area (Å²) in [7, 11) is -2.04. The first-order chi connectivity index (χ1) is 9.90. The van der Waals surface area contributed by atoms with Crippen molar-refractivity contribution in [3.05, 3.63) is 23.8 Å². The lowest BCUT2D eigenvalue weighted by Crippen LogP contribution is -2.50. The van der Waals surface area contributed by atoms with Crippen LogP contribution in [0.4, 0.5) is 0 Å². The molecule has 1 fully saturated rings. The molecule has 1 aliphatic rings. The van der Waals surface area contributed by atoms with Crippen LogP contribution in [0.2, 0.25) is 0 Å². The fourth-order valence-corrected chi connectivity index (χ4v) is 3.78. The van der Waals surface area contributed by atoms with E-state index in [4.69, 9.17) is 10.5 Å². The van der Waals surface area contributed by atoms with Crippen LogP contribution in [0, 0.1) is 11.8 Å². The Kier molecular flexibility index (Phi) is 4.57. The second-order valence-corrected chi connectivity index (χ2v) is 7.07. The summed E-state index contributed by atoms with van der Waals surface area (Å²) in [5.74, 6) is 6.08. The number of ether oxygens (including phenoxy) is 1. The van der Waals surface area contributed by atoms with Gasteiger partial charge in [0.2, 0.25) is 10.0 Å². The van der Waals surface area contributed by atoms with Crippen molar-refractivity contribution in [3.8, 4) is 17.6 Å². The van der Waals surface area contributed by atoms with Crippen LogP contribution >= 0.6 is 0 Å². The maximum absolute atomic E-state index is 12.4. The minimum absolute atomic E-state index is 0.192. The molecule has 6 heteroatoms. The van der Waals surface area contributed by atoms with Gasteiger partial charge in [0.15, 0.2) is 0 Å². The SMILES string of the molecule is COc1ccc(S(=O)(=O)NC2(C)CCC2)cc1C#CCN. The molecule has 2 rings (SSSR count). The molecule has 0 atom stereocenters. The van der Waals surface area contributed by atoms with E-state index in [2.05, 4.69) is 16.6 Å². The van der Waals surface area contributed by atoms with Crippen LogP contribution in [-0.2, 0) is 10.0 Å². The first-order valence-corrected chi connectivity index (χ1v) is 8.29. The van der Waals surface area contributed by atoms with Gasteiger partial charge < -0.3 is 10.5 Å². The molecule has 1 aromatic carbocycles. The highest BCUT2D eigenvalue weighted by atomic mass is 32.2. The Hall–Kier alpha value is -1.55. The molecule has 0 saturated heterocycles. The molecule has 0 aliphatic heterocycles. The number of sulfonamides is 1. The molecular weight excluding hydrogens is 288 g/mol. The maximum atomic E-state index is 12.4. The Balaban J connectivity index is 2.35. The van der Waals surface area contributed by atoms with Crippen LogP contribution in [0.5, 0.6) is 5.75 Å². The van der Waals surface area contributed by atoms with E-state index in [1.165, 1.54) is 19.2 Å². The maximum Gasteiger partial charge on any atom is 0.241 e. The van der Waals surface area contributed by atoms with Gasteiger partial charge >= 0.3 is 0 Å². The Morgan fingerprint density at radius 1 is 1.43 bits per heavy atom. The van der Waals surface area contributed by atoms with E-state index >= 15 is 0 Å². The summed E-state index contributed by atoms with van der Waals surface area (Å²) in [6.07, 6.45) is 2.78. The van der Waals surface area contributed by atoms with E-state index in [1.54, 1.807) is 6.07 Å². The van der Waals surface area contributed by atoms with Crippen LogP contribution in [0.15, 0.2) is 23.1 Å². The van der Waals surface area contributed by atoms with Gasteiger partial charge in [-0.25, -0.2) is 13.1 Å². The summed E-state index contributed by atoms with van der Waals surface area (Å²) in [6.45, 7) is 2.13. The van der Waals surface area contributed by atoms with E-state index in [1.807, 2.05) is 6.92 Å². The van der Waals surface area contributed by atoms with Crippen molar-refractivity contribution in [1.82, 2.24) is 4.72 Å². The fourth-order valence-electron chi connectivity index (χ4n) is 2.29. The van der Waals surface area contributed by atoms with Gasteiger partial charge in [0.1, 0.15) is 5.75 Å². The molecule has 3 N–H and O–H groups in total. The molecule has 0 unspecified atom stereocenters. The van der Waals surface area contributed by atoms with Gasteiger partial charge in [0, 0.05) is 5.54 Å². The third-order valence-corrected chi connectivity index (χ3v) is 5.28. The van der Waals surface area contributed by atoms with E-state index in [-0.39, 0.29) is 17.0 Å². The van der Waals surface area contributed by atoms with Gasteiger partial charge in [-0.2, -0.15) is 0 Å². The molecular formula is C15H20N2O3S. The summed E-state index contributed by atoms with van der Waals surface area (Å²) >= 11 is 0. The molecule has 0 radical (unpaired) electrons. The lowest BCUT2D eigenvalue weighted by atomic mass is 9.80. The quantitative estimate of drug-likeness (QED) is 0.820. The average Bonchev–Trinajstić information content (AvgIpc) is 2.42. The smallest absolute Gasteiger partial charge is 0.241 e. The van der Waals surface area contributed by atoms with Crippen molar-refractivity contribution in [2.45, 2.75) is 36.6 Å². The van der Waals surface area contributed by atoms with Gasteiger partial charge in [-0.1, -0.05) is 11.8 Å². The second kappa shape index (κ2) is 6.06. The lowest BCUT2D eigenvalue weighted by Gasteiger charge is -2.38. The van der Waals surface area contributed by atoms with Crippen LogP contribution in [0.1, 0.15) is 31.7 Å². The van der Waals surface area contributed by atoms with Crippen molar-refractivity contribution >= 4 is 10.0 Å². The Bertz CT molecular complexity index is 683. The van der Waals surface area contributed by atoms with Gasteiger partial charge in [-0.15, -0.1) is 0 Å². The molecule has 0 amide bonds. The van der Waals surface area contributed by atoms with Gasteiger partial charge in [0.25, 0.3) is 0 Å². The zero-order valence-corrected chi connectivity index (χ0v) is 13.1. The van der Waals surface area contributed by atoms with Crippen LogP contribution in [0.3, 0.4) is 0 Å². The summed E-state index contributed by atoms with van der Waals surface area (Å²) in [5, 5.41) is 0. The van der Waals surface area contributed by atoms with E-state index in [0.29, 0.717) is 11.3 Å². The molecule has 0 bridgehead atoms. The Morgan fingerprint density at radius 2 is 2.14 bits per heavy atom. The Labute approximate surface area is 125 Å². The molecule has 0 spiro atoms. The van der Waals surface area contributed by atoms with Crippen molar-refractivity contribution < 1.29 is 13.2 Å². The van der Waals surface area contributed by atoms with Crippen LogP contribution in [-0.4, -0.2) is 27.6 Å². The minimum Gasteiger partial charge on any atom is -0.495 e. The summed E-state index contributed by atoms with van der Waals surface area (Å²) < 4.78 is 32.8. The molecule has 5 nitrogen and oxygen atoms in total. The molecule has 0 heterocycles. The summed E-state index contributed by atoms with van der Waals surface area (Å²) in [5.41, 5.74) is 5.54. The predicted octanol–water partition coefficient (Wildman–Crippen LogP) is 1.23. The zero-order chi connectivity index (χ0) is 15.5. The normalized spacial score (nSPS) is 16.5. The monoisotopic (exact) mass is 308 g/mol. The molecule has 0 aromatic heterocycles. The van der Waals surface area contributed by atoms with Gasteiger partial charge in [-0.05, 0) is 44.4 Å². The number of nitrogens with one attached hydrogen (secondary N) is 1. The van der Waals surface area contributed by atoms with Crippen molar-refractivity contribution in [2.75, 3.05) is 13.7 Å². The fraction of sp³-hybridized carbons (Fsp3) is 0.467. The summed E-state index contributed by atoms with van der Waals surface area (Å²) in [4.78, 5) is 0.192. The summed E-state index contributed by atoms with van der Waals surface area (Å²) in [6, 6.07) is 4.65. The first-order valence-electron chi connectivity index (χ1n) is 6.81. The average molecular weight is 308 g/mol. The molecule has 21 heavy (non-hydrogen) atoms. The van der Waals surface area contributed by atoms with Gasteiger partial charge in [0.05, 0.1) is 24.1 Å². The topological polar surface area (TPSA) is 81.4 Å². The standard InChI is InChI=1S/C15H20N2O3S/c1-15(8-4-9-15)17-21(18,19)13-6-7-14(20-2)12(11-13)5-3-10-16/h6-7,11,17H,4,8-10,16H2,1-2H3. The third kappa shape index (κ3) is 3.56. The van der Waals surface area contributed by atoms with Crippen molar-refractivity contribution in [1.29, 1.82) is 0 Å². The lowest BCUT2D eigenvalue weighted by molar-refractivity contribution is 0.248. The highest BCUT2D eigenvalue weighted by Gasteiger charge is 2.36.